The van der Waals surface area contributed by atoms with Crippen LogP contribution in [0.2, 0.25) is 0 Å². The summed E-state index contributed by atoms with van der Waals surface area (Å²) < 4.78 is 5.15. The monoisotopic (exact) mass is 194 g/mol. The lowest BCUT2D eigenvalue weighted by Gasteiger charge is -2.04. The third kappa shape index (κ3) is 2.87. The van der Waals surface area contributed by atoms with Gasteiger partial charge in [0.25, 0.3) is 0 Å². The first-order valence-corrected chi connectivity index (χ1v) is 4.22. The summed E-state index contributed by atoms with van der Waals surface area (Å²) in [6.45, 7) is 3.92. The molecule has 0 aliphatic heterocycles. The lowest BCUT2D eigenvalue weighted by atomic mass is 10.2. The van der Waals surface area contributed by atoms with Crippen LogP contribution in [0.3, 0.4) is 0 Å². The Morgan fingerprint density at radius 2 is 2.08 bits per heavy atom. The van der Waals surface area contributed by atoms with E-state index in [-0.39, 0.29) is 5.75 Å². The summed E-state index contributed by atoms with van der Waals surface area (Å²) in [5, 5.41) is 9.43. The van der Waals surface area contributed by atoms with Crippen molar-refractivity contribution in [2.75, 3.05) is 6.61 Å². The lowest BCUT2D eigenvalue weighted by molar-refractivity contribution is 0.361. The summed E-state index contributed by atoms with van der Waals surface area (Å²) in [5.74, 6) is 0.218. The number of ether oxygens (including phenoxy) is 1. The Bertz CT molecular complexity index is 303. The number of benzene rings is 1. The van der Waals surface area contributed by atoms with Gasteiger partial charge in [-0.3, -0.25) is 0 Å². The first-order valence-electron chi connectivity index (χ1n) is 3.81. The van der Waals surface area contributed by atoms with Crippen LogP contribution < -0.4 is 0 Å². The van der Waals surface area contributed by atoms with E-state index in [1.165, 1.54) is 0 Å². The average molecular weight is 194 g/mol. The van der Waals surface area contributed by atoms with E-state index in [0.717, 1.165) is 5.56 Å². The summed E-state index contributed by atoms with van der Waals surface area (Å²) in [5.41, 5.74) is 0.787. The Hall–Kier alpha value is -1.35. The van der Waals surface area contributed by atoms with Crippen molar-refractivity contribution < 1.29 is 9.84 Å². The maximum absolute atomic E-state index is 9.01. The molecule has 0 spiro atoms. The highest BCUT2D eigenvalue weighted by Gasteiger charge is 2.00. The van der Waals surface area contributed by atoms with E-state index in [4.69, 9.17) is 22.1 Å². The van der Waals surface area contributed by atoms with Crippen molar-refractivity contribution in [1.82, 2.24) is 0 Å². The highest BCUT2D eigenvalue weighted by Crippen LogP contribution is 2.10. The first-order chi connectivity index (χ1) is 6.24. The molecule has 0 unspecified atom stereocenters. The van der Waals surface area contributed by atoms with E-state index in [1.54, 1.807) is 30.3 Å². The summed E-state index contributed by atoms with van der Waals surface area (Å²) in [7, 11) is 0. The zero-order valence-electron chi connectivity index (χ0n) is 7.06. The van der Waals surface area contributed by atoms with Crippen LogP contribution in [0.25, 0.3) is 0 Å². The largest absolute Gasteiger partial charge is 0.508 e. The molecule has 0 radical (unpaired) electrons. The van der Waals surface area contributed by atoms with Gasteiger partial charge in [-0.05, 0) is 36.5 Å². The van der Waals surface area contributed by atoms with Gasteiger partial charge in [-0.25, -0.2) is 0 Å². The molecule has 3 heteroatoms. The molecule has 13 heavy (non-hydrogen) atoms. The van der Waals surface area contributed by atoms with Crippen LogP contribution in [0.15, 0.2) is 36.9 Å². The molecule has 0 fully saturated rings. The van der Waals surface area contributed by atoms with Gasteiger partial charge in [0.05, 0.1) is 0 Å². The SMILES string of the molecule is C=CCOC(=S)c1ccc(O)cc1. The van der Waals surface area contributed by atoms with Gasteiger partial charge in [0.1, 0.15) is 12.4 Å². The third-order valence-electron chi connectivity index (χ3n) is 1.44. The minimum Gasteiger partial charge on any atom is -0.508 e. The summed E-state index contributed by atoms with van der Waals surface area (Å²) >= 11 is 4.98. The number of phenols is 1. The van der Waals surface area contributed by atoms with Crippen molar-refractivity contribution in [1.29, 1.82) is 0 Å². The fourth-order valence-corrected chi connectivity index (χ4v) is 1.02. The van der Waals surface area contributed by atoms with Gasteiger partial charge in [-0.1, -0.05) is 12.7 Å². The van der Waals surface area contributed by atoms with Crippen LogP contribution in [-0.2, 0) is 4.74 Å². The third-order valence-corrected chi connectivity index (χ3v) is 1.79. The summed E-state index contributed by atoms with van der Waals surface area (Å²) in [4.78, 5) is 0. The Balaban J connectivity index is 2.66. The lowest BCUT2D eigenvalue weighted by Crippen LogP contribution is -2.02. The topological polar surface area (TPSA) is 29.5 Å². The molecule has 0 bridgehead atoms. The highest BCUT2D eigenvalue weighted by molar-refractivity contribution is 7.80. The predicted octanol–water partition coefficient (Wildman–Crippen LogP) is 2.27. The van der Waals surface area contributed by atoms with Gasteiger partial charge < -0.3 is 9.84 Å². The number of thiocarbonyl (C=S) groups is 1. The number of hydrogen-bond donors (Lipinski definition) is 1. The summed E-state index contributed by atoms with van der Waals surface area (Å²) in [6, 6.07) is 6.55. The second-order valence-electron chi connectivity index (χ2n) is 2.43. The molecule has 1 rings (SSSR count). The molecular formula is C10H10O2S. The van der Waals surface area contributed by atoms with E-state index in [1.807, 2.05) is 0 Å². The maximum atomic E-state index is 9.01. The Labute approximate surface area is 82.5 Å². The molecule has 68 valence electrons. The molecule has 1 aromatic rings. The Morgan fingerprint density at radius 3 is 2.62 bits per heavy atom. The van der Waals surface area contributed by atoms with Crippen molar-refractivity contribution in [2.24, 2.45) is 0 Å². The van der Waals surface area contributed by atoms with E-state index >= 15 is 0 Å². The number of phenolic OH excluding ortho intramolecular Hbond substituents is 1. The fraction of sp³-hybridized carbons (Fsp3) is 0.100. The summed E-state index contributed by atoms with van der Waals surface area (Å²) in [6.07, 6.45) is 1.63. The van der Waals surface area contributed by atoms with Gasteiger partial charge >= 0.3 is 0 Å². The molecule has 2 nitrogen and oxygen atoms in total. The fourth-order valence-electron chi connectivity index (χ4n) is 0.815. The van der Waals surface area contributed by atoms with E-state index in [9.17, 15) is 0 Å². The Morgan fingerprint density at radius 1 is 1.46 bits per heavy atom. The molecule has 0 aliphatic rings. The second-order valence-corrected chi connectivity index (χ2v) is 2.80. The van der Waals surface area contributed by atoms with Gasteiger partial charge in [0.2, 0.25) is 0 Å². The van der Waals surface area contributed by atoms with Crippen LogP contribution in [0, 0.1) is 0 Å². The molecule has 0 saturated carbocycles. The van der Waals surface area contributed by atoms with Gasteiger partial charge in [-0.2, -0.15) is 0 Å². The van der Waals surface area contributed by atoms with E-state index in [0.29, 0.717) is 11.7 Å². The van der Waals surface area contributed by atoms with Crippen LogP contribution in [0.4, 0.5) is 0 Å². The van der Waals surface area contributed by atoms with Crippen molar-refractivity contribution >= 4 is 17.3 Å². The minimum absolute atomic E-state index is 0.218. The first kappa shape index (κ1) is 9.74. The molecule has 1 aromatic carbocycles. The maximum Gasteiger partial charge on any atom is 0.191 e. The molecule has 0 heterocycles. The zero-order valence-corrected chi connectivity index (χ0v) is 7.88. The standard InChI is InChI=1S/C10H10O2S/c1-2-7-12-10(13)8-3-5-9(11)6-4-8/h2-6,11H,1,7H2. The van der Waals surface area contributed by atoms with Crippen LogP contribution in [-0.4, -0.2) is 16.8 Å². The average Bonchev–Trinajstić information content (AvgIpc) is 2.15. The molecule has 0 aromatic heterocycles. The normalized spacial score (nSPS) is 9.23. The van der Waals surface area contributed by atoms with E-state index in [2.05, 4.69) is 6.58 Å². The molecular weight excluding hydrogens is 184 g/mol. The minimum atomic E-state index is 0.218. The highest BCUT2D eigenvalue weighted by atomic mass is 32.1. The zero-order chi connectivity index (χ0) is 9.68. The molecule has 0 aliphatic carbocycles. The van der Waals surface area contributed by atoms with Crippen molar-refractivity contribution in [3.05, 3.63) is 42.5 Å². The van der Waals surface area contributed by atoms with Gasteiger partial charge in [0.15, 0.2) is 5.05 Å². The molecule has 0 saturated heterocycles. The van der Waals surface area contributed by atoms with Gasteiger partial charge in [-0.15, -0.1) is 0 Å². The van der Waals surface area contributed by atoms with Crippen LogP contribution >= 0.6 is 12.2 Å². The number of hydrogen-bond acceptors (Lipinski definition) is 3. The molecule has 1 N–H and O–H groups in total. The number of rotatable bonds is 3. The number of aromatic hydroxyl groups is 1. The second kappa shape index (κ2) is 4.62. The Kier molecular flexibility index (Phi) is 3.46. The molecule has 0 atom stereocenters. The van der Waals surface area contributed by atoms with Gasteiger partial charge in [0, 0.05) is 5.56 Å². The quantitative estimate of drug-likeness (QED) is 0.591. The van der Waals surface area contributed by atoms with Crippen molar-refractivity contribution in [3.8, 4) is 5.75 Å². The van der Waals surface area contributed by atoms with Crippen molar-refractivity contribution in [3.63, 3.8) is 0 Å². The van der Waals surface area contributed by atoms with Crippen LogP contribution in [0.5, 0.6) is 5.75 Å². The molecule has 0 amide bonds. The van der Waals surface area contributed by atoms with E-state index < -0.39 is 0 Å². The smallest absolute Gasteiger partial charge is 0.191 e. The van der Waals surface area contributed by atoms with Crippen molar-refractivity contribution in [2.45, 2.75) is 0 Å². The predicted molar refractivity (Wildman–Crippen MR) is 56.0 cm³/mol. The van der Waals surface area contributed by atoms with Crippen LogP contribution in [0.1, 0.15) is 5.56 Å².